The average molecular weight is 302 g/mol. The molecule has 1 fully saturated rings. The Kier molecular flexibility index (Phi) is 4.12. The van der Waals surface area contributed by atoms with E-state index in [4.69, 9.17) is 4.74 Å². The number of nitrogens with one attached hydrogen (secondary N) is 1. The highest BCUT2D eigenvalue weighted by molar-refractivity contribution is 9.10. The van der Waals surface area contributed by atoms with E-state index in [1.165, 1.54) is 18.2 Å². The van der Waals surface area contributed by atoms with Crippen molar-refractivity contribution in [2.45, 2.75) is 18.9 Å². The molecule has 0 aliphatic carbocycles. The van der Waals surface area contributed by atoms with Crippen molar-refractivity contribution in [1.29, 1.82) is 0 Å². The van der Waals surface area contributed by atoms with Gasteiger partial charge in [-0.3, -0.25) is 4.79 Å². The lowest BCUT2D eigenvalue weighted by atomic mass is 10.1. The topological polar surface area (TPSA) is 38.3 Å². The monoisotopic (exact) mass is 301 g/mol. The Balaban J connectivity index is 2.03. The molecule has 0 bridgehead atoms. The second kappa shape index (κ2) is 5.60. The van der Waals surface area contributed by atoms with Crippen molar-refractivity contribution in [3.8, 4) is 0 Å². The van der Waals surface area contributed by atoms with Crippen LogP contribution in [-0.2, 0) is 4.74 Å². The molecule has 1 aliphatic heterocycles. The molecule has 1 amide bonds. The van der Waals surface area contributed by atoms with E-state index in [0.717, 1.165) is 19.4 Å². The Labute approximate surface area is 107 Å². The summed E-state index contributed by atoms with van der Waals surface area (Å²) in [5.41, 5.74) is 0.442. The van der Waals surface area contributed by atoms with E-state index < -0.39 is 0 Å². The van der Waals surface area contributed by atoms with E-state index in [0.29, 0.717) is 16.6 Å². The number of rotatable bonds is 2. The van der Waals surface area contributed by atoms with E-state index in [-0.39, 0.29) is 17.8 Å². The van der Waals surface area contributed by atoms with Gasteiger partial charge >= 0.3 is 0 Å². The number of benzene rings is 1. The van der Waals surface area contributed by atoms with Gasteiger partial charge in [0.2, 0.25) is 0 Å². The Morgan fingerprint density at radius 2 is 2.35 bits per heavy atom. The van der Waals surface area contributed by atoms with E-state index >= 15 is 0 Å². The highest BCUT2D eigenvalue weighted by Gasteiger charge is 2.18. The van der Waals surface area contributed by atoms with Gasteiger partial charge in [-0.25, -0.2) is 4.39 Å². The quantitative estimate of drug-likeness (QED) is 0.911. The van der Waals surface area contributed by atoms with Crippen molar-refractivity contribution in [2.24, 2.45) is 0 Å². The first kappa shape index (κ1) is 12.5. The normalized spacial score (nSPS) is 20.0. The van der Waals surface area contributed by atoms with E-state index in [1.54, 1.807) is 0 Å². The van der Waals surface area contributed by atoms with Gasteiger partial charge in [-0.15, -0.1) is 0 Å². The van der Waals surface area contributed by atoms with Crippen molar-refractivity contribution < 1.29 is 13.9 Å². The van der Waals surface area contributed by atoms with Crippen LogP contribution in [0.5, 0.6) is 0 Å². The van der Waals surface area contributed by atoms with Gasteiger partial charge in [0.15, 0.2) is 0 Å². The Bertz CT molecular complexity index is 419. The number of ether oxygens (including phenoxy) is 1. The maximum absolute atomic E-state index is 12.9. The molecule has 0 spiro atoms. The summed E-state index contributed by atoms with van der Waals surface area (Å²) in [6, 6.07) is 4.08. The van der Waals surface area contributed by atoms with Crippen LogP contribution in [0, 0.1) is 5.82 Å². The molecule has 1 aromatic rings. The smallest absolute Gasteiger partial charge is 0.252 e. The molecule has 2 rings (SSSR count). The standard InChI is InChI=1S/C12H13BrFNO2/c13-11-6-8(14)3-4-10(11)12(16)15-9-2-1-5-17-7-9/h3-4,6,9H,1-2,5,7H2,(H,15,16). The molecule has 0 saturated carbocycles. The SMILES string of the molecule is O=C(NC1CCCOC1)c1ccc(F)cc1Br. The molecule has 1 saturated heterocycles. The van der Waals surface area contributed by atoms with Crippen LogP contribution in [0.15, 0.2) is 22.7 Å². The Hall–Kier alpha value is -0.940. The molecule has 0 radical (unpaired) electrons. The zero-order chi connectivity index (χ0) is 12.3. The lowest BCUT2D eigenvalue weighted by Crippen LogP contribution is -2.40. The molecule has 1 aromatic carbocycles. The fourth-order valence-corrected chi connectivity index (χ4v) is 2.32. The summed E-state index contributed by atoms with van der Waals surface area (Å²) >= 11 is 3.18. The molecule has 1 atom stereocenters. The number of hydrogen-bond acceptors (Lipinski definition) is 2. The third-order valence-electron chi connectivity index (χ3n) is 2.67. The first-order chi connectivity index (χ1) is 8.16. The van der Waals surface area contributed by atoms with Crippen LogP contribution in [0.4, 0.5) is 4.39 Å². The summed E-state index contributed by atoms with van der Waals surface area (Å²) in [5.74, 6) is -0.568. The molecule has 17 heavy (non-hydrogen) atoms. The predicted octanol–water partition coefficient (Wildman–Crippen LogP) is 2.50. The number of hydrogen-bond donors (Lipinski definition) is 1. The fraction of sp³-hybridized carbons (Fsp3) is 0.417. The van der Waals surface area contributed by atoms with Crippen molar-refractivity contribution in [2.75, 3.05) is 13.2 Å². The van der Waals surface area contributed by atoms with Crippen LogP contribution < -0.4 is 5.32 Å². The zero-order valence-corrected chi connectivity index (χ0v) is 10.8. The van der Waals surface area contributed by atoms with Crippen LogP contribution in [0.2, 0.25) is 0 Å². The molecule has 1 aliphatic rings. The van der Waals surface area contributed by atoms with Crippen molar-refractivity contribution in [1.82, 2.24) is 5.32 Å². The summed E-state index contributed by atoms with van der Waals surface area (Å²) in [6.07, 6.45) is 1.88. The summed E-state index contributed by atoms with van der Waals surface area (Å²) in [7, 11) is 0. The third-order valence-corrected chi connectivity index (χ3v) is 3.33. The highest BCUT2D eigenvalue weighted by atomic mass is 79.9. The van der Waals surface area contributed by atoms with Gasteiger partial charge < -0.3 is 10.1 Å². The van der Waals surface area contributed by atoms with Crippen LogP contribution in [0.25, 0.3) is 0 Å². The average Bonchev–Trinajstić information content (AvgIpc) is 2.30. The molecule has 5 heteroatoms. The predicted molar refractivity (Wildman–Crippen MR) is 65.4 cm³/mol. The van der Waals surface area contributed by atoms with Gasteiger partial charge in [0.05, 0.1) is 18.2 Å². The van der Waals surface area contributed by atoms with Crippen LogP contribution in [-0.4, -0.2) is 25.2 Å². The van der Waals surface area contributed by atoms with Gasteiger partial charge in [-0.1, -0.05) is 0 Å². The highest BCUT2D eigenvalue weighted by Crippen LogP contribution is 2.18. The molecule has 92 valence electrons. The minimum absolute atomic E-state index is 0.0493. The molecule has 0 aromatic heterocycles. The minimum atomic E-state index is -0.366. The van der Waals surface area contributed by atoms with Crippen molar-refractivity contribution in [3.05, 3.63) is 34.1 Å². The Morgan fingerprint density at radius 3 is 3.00 bits per heavy atom. The molecular weight excluding hydrogens is 289 g/mol. The minimum Gasteiger partial charge on any atom is -0.379 e. The van der Waals surface area contributed by atoms with Gasteiger partial charge in [0.25, 0.3) is 5.91 Å². The summed E-state index contributed by atoms with van der Waals surface area (Å²) < 4.78 is 18.6. The van der Waals surface area contributed by atoms with E-state index in [2.05, 4.69) is 21.2 Å². The number of halogens is 2. The van der Waals surface area contributed by atoms with Gasteiger partial charge in [0.1, 0.15) is 5.82 Å². The van der Waals surface area contributed by atoms with Gasteiger partial charge in [-0.05, 0) is 47.0 Å². The van der Waals surface area contributed by atoms with Gasteiger partial charge in [-0.2, -0.15) is 0 Å². The second-order valence-corrected chi connectivity index (χ2v) is 4.87. The number of amides is 1. The summed E-state index contributed by atoms with van der Waals surface area (Å²) in [6.45, 7) is 1.30. The van der Waals surface area contributed by atoms with Crippen LogP contribution in [0.1, 0.15) is 23.2 Å². The fourth-order valence-electron chi connectivity index (χ4n) is 1.79. The van der Waals surface area contributed by atoms with Crippen LogP contribution in [0.3, 0.4) is 0 Å². The van der Waals surface area contributed by atoms with Crippen molar-refractivity contribution >= 4 is 21.8 Å². The molecule has 1 N–H and O–H groups in total. The number of carbonyl (C=O) groups is 1. The summed E-state index contributed by atoms with van der Waals surface area (Å²) in [4.78, 5) is 11.9. The lowest BCUT2D eigenvalue weighted by Gasteiger charge is -2.23. The van der Waals surface area contributed by atoms with Crippen LogP contribution >= 0.6 is 15.9 Å². The first-order valence-corrected chi connectivity index (χ1v) is 6.30. The molecule has 1 unspecified atom stereocenters. The van der Waals surface area contributed by atoms with E-state index in [9.17, 15) is 9.18 Å². The maximum atomic E-state index is 12.9. The zero-order valence-electron chi connectivity index (χ0n) is 9.21. The maximum Gasteiger partial charge on any atom is 0.252 e. The molecular formula is C12H13BrFNO2. The first-order valence-electron chi connectivity index (χ1n) is 5.50. The largest absolute Gasteiger partial charge is 0.379 e. The lowest BCUT2D eigenvalue weighted by molar-refractivity contribution is 0.0624. The van der Waals surface area contributed by atoms with Gasteiger partial charge in [0, 0.05) is 11.1 Å². The second-order valence-electron chi connectivity index (χ2n) is 4.01. The number of carbonyl (C=O) groups excluding carboxylic acids is 1. The Morgan fingerprint density at radius 1 is 1.53 bits per heavy atom. The molecule has 1 heterocycles. The van der Waals surface area contributed by atoms with E-state index in [1.807, 2.05) is 0 Å². The third kappa shape index (κ3) is 3.26. The van der Waals surface area contributed by atoms with Crippen molar-refractivity contribution in [3.63, 3.8) is 0 Å². The molecule has 3 nitrogen and oxygen atoms in total. The summed E-state index contributed by atoms with van der Waals surface area (Å²) in [5, 5.41) is 2.88.